The molecule has 0 rings (SSSR count). The third-order valence-electron chi connectivity index (χ3n) is 0.658. The molecule has 0 N–H and O–H groups in total. The van der Waals surface area contributed by atoms with Crippen LogP contribution in [-0.4, -0.2) is 13.0 Å². The van der Waals surface area contributed by atoms with Crippen molar-refractivity contribution in [1.29, 1.82) is 0 Å². The molecule has 0 bridgehead atoms. The summed E-state index contributed by atoms with van der Waals surface area (Å²) >= 11 is 2.95. The summed E-state index contributed by atoms with van der Waals surface area (Å²) in [7, 11) is 1.38. The monoisotopic (exact) mass is 221 g/mol. The summed E-state index contributed by atoms with van der Waals surface area (Å²) in [6.45, 7) is 7.39. The fraction of sp³-hybridized carbons (Fsp3) is 0.375. The van der Waals surface area contributed by atoms with Crippen molar-refractivity contribution in [2.75, 3.05) is 7.05 Å². The third-order valence-corrected chi connectivity index (χ3v) is 1.25. The summed E-state index contributed by atoms with van der Waals surface area (Å²) in [6.07, 6.45) is 2.97. The van der Waals surface area contributed by atoms with Gasteiger partial charge in [0.05, 0.1) is 4.48 Å². The van der Waals surface area contributed by atoms with Crippen LogP contribution in [0.2, 0.25) is 0 Å². The van der Waals surface area contributed by atoms with Gasteiger partial charge in [0, 0.05) is 7.05 Å². The van der Waals surface area contributed by atoms with E-state index in [1.165, 1.54) is 19.2 Å². The average Bonchev–Trinajstić information content (AvgIpc) is 2.07. The Morgan fingerprint density at radius 3 is 2.27 bits per heavy atom. The van der Waals surface area contributed by atoms with E-state index in [9.17, 15) is 4.39 Å². The Hall–Kier alpha value is -0.440. The smallest absolute Gasteiger partial charge is 0.222 e. The molecule has 0 fully saturated rings. The maximum absolute atomic E-state index is 12.3. The highest BCUT2D eigenvalue weighted by Crippen LogP contribution is 2.07. The molecule has 0 spiro atoms. The fourth-order valence-electron chi connectivity index (χ4n) is 0.279. The second kappa shape index (κ2) is 9.56. The lowest BCUT2D eigenvalue weighted by Crippen LogP contribution is -1.85. The molecule has 64 valence electrons. The lowest BCUT2D eigenvalue weighted by molar-refractivity contribution is 0.808. The highest BCUT2D eigenvalue weighted by molar-refractivity contribution is 9.12. The molecule has 0 atom stereocenters. The molecule has 0 aromatic carbocycles. The number of hydrogen-bond acceptors (Lipinski definition) is 1. The van der Waals surface area contributed by atoms with E-state index in [0.29, 0.717) is 4.48 Å². The lowest BCUT2D eigenvalue weighted by Gasteiger charge is -1.87. The molecule has 0 aliphatic rings. The molecule has 0 aromatic heterocycles. The Kier molecular flexibility index (Phi) is 11.4. The molecule has 0 heterocycles. The van der Waals surface area contributed by atoms with Crippen molar-refractivity contribution < 1.29 is 4.39 Å². The largest absolute Gasteiger partial charge is 0.260 e. The summed E-state index contributed by atoms with van der Waals surface area (Å²) in [5, 5.41) is 0. The quantitative estimate of drug-likeness (QED) is 0.501. The van der Waals surface area contributed by atoms with Crippen LogP contribution in [0.15, 0.2) is 28.2 Å². The predicted octanol–water partition coefficient (Wildman–Crippen LogP) is 3.48. The molecule has 11 heavy (non-hydrogen) atoms. The van der Waals surface area contributed by atoms with Crippen LogP contribution < -0.4 is 0 Å². The van der Waals surface area contributed by atoms with Gasteiger partial charge in [0.25, 0.3) is 0 Å². The van der Waals surface area contributed by atoms with Gasteiger partial charge in [-0.25, -0.2) is 0 Å². The van der Waals surface area contributed by atoms with Crippen molar-refractivity contribution in [3.8, 4) is 0 Å². The predicted molar refractivity (Wildman–Crippen MR) is 53.0 cm³/mol. The Labute approximate surface area is 75.8 Å². The Morgan fingerprint density at radius 1 is 1.55 bits per heavy atom. The SMILES string of the molecule is C=C/C=C(/Br)C(F)=NC.CC. The van der Waals surface area contributed by atoms with E-state index in [1.54, 1.807) is 0 Å². The molecule has 0 saturated heterocycles. The van der Waals surface area contributed by atoms with E-state index in [0.717, 1.165) is 0 Å². The zero-order valence-electron chi connectivity index (χ0n) is 7.06. The molecule has 0 aromatic rings. The first kappa shape index (κ1) is 13.2. The zero-order valence-corrected chi connectivity index (χ0v) is 8.65. The zero-order chi connectivity index (χ0) is 9.28. The van der Waals surface area contributed by atoms with Crippen LogP contribution in [0.25, 0.3) is 0 Å². The summed E-state index contributed by atoms with van der Waals surface area (Å²) < 4.78 is 12.6. The van der Waals surface area contributed by atoms with Crippen LogP contribution in [0, 0.1) is 0 Å². The Bertz CT molecular complexity index is 161. The van der Waals surface area contributed by atoms with Crippen LogP contribution in [0.5, 0.6) is 0 Å². The van der Waals surface area contributed by atoms with Crippen LogP contribution in [0.3, 0.4) is 0 Å². The van der Waals surface area contributed by atoms with Gasteiger partial charge in [-0.1, -0.05) is 26.5 Å². The van der Waals surface area contributed by atoms with Crippen LogP contribution in [0.1, 0.15) is 13.8 Å². The van der Waals surface area contributed by atoms with Crippen molar-refractivity contribution in [2.45, 2.75) is 13.8 Å². The van der Waals surface area contributed by atoms with E-state index in [-0.39, 0.29) is 0 Å². The number of aliphatic imine (C=N–C) groups is 1. The third kappa shape index (κ3) is 7.46. The first-order chi connectivity index (χ1) is 5.22. The van der Waals surface area contributed by atoms with Crippen molar-refractivity contribution in [3.05, 3.63) is 23.2 Å². The minimum atomic E-state index is -0.519. The molecule has 1 nitrogen and oxygen atoms in total. The van der Waals surface area contributed by atoms with Crippen molar-refractivity contribution >= 4 is 21.9 Å². The Morgan fingerprint density at radius 2 is 2.00 bits per heavy atom. The summed E-state index contributed by atoms with van der Waals surface area (Å²) in [5.74, 6) is -0.519. The highest BCUT2D eigenvalue weighted by atomic mass is 79.9. The fourth-order valence-corrected chi connectivity index (χ4v) is 0.643. The van der Waals surface area contributed by atoms with E-state index >= 15 is 0 Å². The molecule has 0 saturated carbocycles. The molecular formula is C8H13BrFN. The van der Waals surface area contributed by atoms with Crippen molar-refractivity contribution in [1.82, 2.24) is 0 Å². The maximum Gasteiger partial charge on any atom is 0.222 e. The number of hydrogen-bond donors (Lipinski definition) is 0. The number of halogens is 2. The number of rotatable bonds is 2. The van der Waals surface area contributed by atoms with Gasteiger partial charge in [-0.15, -0.1) is 0 Å². The van der Waals surface area contributed by atoms with Gasteiger partial charge in [-0.3, -0.25) is 4.99 Å². The lowest BCUT2D eigenvalue weighted by atomic mass is 10.5. The first-order valence-corrected chi connectivity index (χ1v) is 4.12. The average molecular weight is 222 g/mol. The molecule has 0 aliphatic carbocycles. The van der Waals surface area contributed by atoms with Gasteiger partial charge in [0.1, 0.15) is 0 Å². The van der Waals surface area contributed by atoms with Gasteiger partial charge in [0.15, 0.2) is 0 Å². The molecule has 0 radical (unpaired) electrons. The minimum Gasteiger partial charge on any atom is -0.260 e. The summed E-state index contributed by atoms with van der Waals surface area (Å²) in [5.41, 5.74) is 0. The van der Waals surface area contributed by atoms with Gasteiger partial charge in [-0.2, -0.15) is 4.39 Å². The topological polar surface area (TPSA) is 12.4 Å². The normalized spacial score (nSPS) is 11.7. The van der Waals surface area contributed by atoms with E-state index < -0.39 is 5.97 Å². The molecular weight excluding hydrogens is 209 g/mol. The first-order valence-electron chi connectivity index (χ1n) is 3.33. The van der Waals surface area contributed by atoms with Gasteiger partial charge in [0.2, 0.25) is 5.97 Å². The molecule has 3 heteroatoms. The van der Waals surface area contributed by atoms with E-state index in [4.69, 9.17) is 0 Å². The second-order valence-electron chi connectivity index (χ2n) is 1.26. The Balaban J connectivity index is 0. The van der Waals surface area contributed by atoms with Crippen LogP contribution >= 0.6 is 15.9 Å². The van der Waals surface area contributed by atoms with E-state index in [2.05, 4.69) is 27.5 Å². The van der Waals surface area contributed by atoms with Crippen LogP contribution in [-0.2, 0) is 0 Å². The second-order valence-corrected chi connectivity index (χ2v) is 2.12. The van der Waals surface area contributed by atoms with Gasteiger partial charge < -0.3 is 0 Å². The van der Waals surface area contributed by atoms with Crippen molar-refractivity contribution in [2.24, 2.45) is 4.99 Å². The van der Waals surface area contributed by atoms with Crippen molar-refractivity contribution in [3.63, 3.8) is 0 Å². The van der Waals surface area contributed by atoms with Crippen LogP contribution in [0.4, 0.5) is 4.39 Å². The molecule has 0 unspecified atom stereocenters. The minimum absolute atomic E-state index is 0.319. The van der Waals surface area contributed by atoms with E-state index in [1.807, 2.05) is 13.8 Å². The summed E-state index contributed by atoms with van der Waals surface area (Å²) in [4.78, 5) is 3.29. The number of allylic oxidation sites excluding steroid dienone is 3. The molecule has 0 amide bonds. The maximum atomic E-state index is 12.3. The van der Waals surface area contributed by atoms with Gasteiger partial charge >= 0.3 is 0 Å². The standard InChI is InChI=1S/C6H7BrFN.C2H6/c1-3-4-5(7)6(8)9-2;1-2/h3-4H,1H2,2H3;1-2H3/b5-4+,9-6?;. The highest BCUT2D eigenvalue weighted by Gasteiger charge is 1.96. The summed E-state index contributed by atoms with van der Waals surface area (Å²) in [6, 6.07) is 0. The van der Waals surface area contributed by atoms with Gasteiger partial charge in [-0.05, 0) is 22.0 Å². The number of nitrogens with zero attached hydrogens (tertiary/aromatic N) is 1. The molecule has 0 aliphatic heterocycles.